The molecule has 0 aliphatic carbocycles. The lowest BCUT2D eigenvalue weighted by atomic mass is 10.1. The summed E-state index contributed by atoms with van der Waals surface area (Å²) in [6.45, 7) is 1.81. The van der Waals surface area contributed by atoms with Gasteiger partial charge in [-0.2, -0.15) is 13.2 Å². The van der Waals surface area contributed by atoms with Crippen molar-refractivity contribution in [2.24, 2.45) is 0 Å². The lowest BCUT2D eigenvalue weighted by Crippen LogP contribution is -2.27. The Morgan fingerprint density at radius 1 is 1.45 bits per heavy atom. The van der Waals surface area contributed by atoms with Crippen LogP contribution in [0.4, 0.5) is 13.2 Å². The predicted molar refractivity (Wildman–Crippen MR) is 66.6 cm³/mol. The molecule has 7 heteroatoms. The number of halogens is 3. The van der Waals surface area contributed by atoms with Crippen LogP contribution in [-0.4, -0.2) is 24.2 Å². The highest BCUT2D eigenvalue weighted by atomic mass is 19.4. The van der Waals surface area contributed by atoms with E-state index in [0.29, 0.717) is 5.56 Å². The van der Waals surface area contributed by atoms with Crippen LogP contribution in [0.1, 0.15) is 24.5 Å². The average Bonchev–Trinajstić information content (AvgIpc) is 2.35. The molecule has 20 heavy (non-hydrogen) atoms. The zero-order chi connectivity index (χ0) is 15.3. The number of carbonyl (C=O) groups is 1. The third-order valence-corrected chi connectivity index (χ3v) is 2.65. The summed E-state index contributed by atoms with van der Waals surface area (Å²) >= 11 is 0. The van der Waals surface area contributed by atoms with Gasteiger partial charge in [0, 0.05) is 6.54 Å². The second-order valence-electron chi connectivity index (χ2n) is 4.21. The summed E-state index contributed by atoms with van der Waals surface area (Å²) in [5, 5.41) is 11.6. The van der Waals surface area contributed by atoms with Crippen LogP contribution < -0.4 is 10.1 Å². The maximum Gasteiger partial charge on any atom is 0.419 e. The molecule has 1 atom stereocenters. The minimum Gasteiger partial charge on any atom is -0.479 e. The fourth-order valence-corrected chi connectivity index (χ4v) is 1.68. The quantitative estimate of drug-likeness (QED) is 0.846. The Hall–Kier alpha value is -1.76. The monoisotopic (exact) mass is 291 g/mol. The summed E-state index contributed by atoms with van der Waals surface area (Å²) in [6.07, 6.45) is -5.83. The molecule has 0 fully saturated rings. The molecule has 1 rings (SSSR count). The first-order chi connectivity index (χ1) is 9.29. The van der Waals surface area contributed by atoms with Crippen molar-refractivity contribution >= 4 is 5.97 Å². The lowest BCUT2D eigenvalue weighted by Gasteiger charge is -2.18. The number of nitrogens with one attached hydrogen (secondary N) is 1. The van der Waals surface area contributed by atoms with E-state index in [1.807, 2.05) is 0 Å². The number of hydrogen-bond donors (Lipinski definition) is 2. The highest BCUT2D eigenvalue weighted by Gasteiger charge is 2.35. The largest absolute Gasteiger partial charge is 0.479 e. The van der Waals surface area contributed by atoms with Crippen LogP contribution in [-0.2, 0) is 17.5 Å². The van der Waals surface area contributed by atoms with Crippen molar-refractivity contribution in [2.75, 3.05) is 7.05 Å². The van der Waals surface area contributed by atoms with Gasteiger partial charge in [0.25, 0.3) is 0 Å². The van der Waals surface area contributed by atoms with Crippen LogP contribution in [0.15, 0.2) is 18.2 Å². The van der Waals surface area contributed by atoms with E-state index in [1.165, 1.54) is 13.0 Å². The summed E-state index contributed by atoms with van der Waals surface area (Å²) < 4.78 is 43.9. The Bertz CT molecular complexity index is 474. The molecule has 0 aliphatic heterocycles. The number of alkyl halides is 3. The second kappa shape index (κ2) is 6.60. The van der Waals surface area contributed by atoms with Crippen molar-refractivity contribution in [3.63, 3.8) is 0 Å². The topological polar surface area (TPSA) is 58.6 Å². The van der Waals surface area contributed by atoms with Crippen LogP contribution in [0, 0.1) is 0 Å². The summed E-state index contributed by atoms with van der Waals surface area (Å²) in [6, 6.07) is 3.58. The van der Waals surface area contributed by atoms with Crippen LogP contribution in [0.5, 0.6) is 5.75 Å². The zero-order valence-electron chi connectivity index (χ0n) is 11.1. The fourth-order valence-electron chi connectivity index (χ4n) is 1.68. The first-order valence-electron chi connectivity index (χ1n) is 6.03. The summed E-state index contributed by atoms with van der Waals surface area (Å²) in [5.41, 5.74) is -0.527. The van der Waals surface area contributed by atoms with Gasteiger partial charge in [0.15, 0.2) is 6.10 Å². The Balaban J connectivity index is 3.15. The minimum absolute atomic E-state index is 0.0743. The SMILES string of the molecule is CCC(Oc1ccc(CNC)cc1C(F)(F)F)C(=O)O. The van der Waals surface area contributed by atoms with Gasteiger partial charge in [0.05, 0.1) is 5.56 Å². The number of hydrogen-bond acceptors (Lipinski definition) is 3. The first kappa shape index (κ1) is 16.3. The van der Waals surface area contributed by atoms with Crippen molar-refractivity contribution in [1.82, 2.24) is 5.32 Å². The molecule has 0 bridgehead atoms. The van der Waals surface area contributed by atoms with Crippen LogP contribution in [0.3, 0.4) is 0 Å². The molecular weight excluding hydrogens is 275 g/mol. The standard InChI is InChI=1S/C13H16F3NO3/c1-3-10(12(18)19)20-11-5-4-8(7-17-2)6-9(11)13(14,15)16/h4-6,10,17H,3,7H2,1-2H3,(H,18,19). The van der Waals surface area contributed by atoms with Gasteiger partial charge in [0.1, 0.15) is 5.75 Å². The molecular formula is C13H16F3NO3. The molecule has 0 saturated carbocycles. The molecule has 0 aliphatic rings. The van der Waals surface area contributed by atoms with Crippen LogP contribution in [0.25, 0.3) is 0 Å². The van der Waals surface area contributed by atoms with Crippen molar-refractivity contribution in [3.8, 4) is 5.75 Å². The van der Waals surface area contributed by atoms with Gasteiger partial charge >= 0.3 is 12.1 Å². The van der Waals surface area contributed by atoms with E-state index in [4.69, 9.17) is 9.84 Å². The number of ether oxygens (including phenoxy) is 1. The van der Waals surface area contributed by atoms with Gasteiger partial charge < -0.3 is 15.2 Å². The molecule has 112 valence electrons. The van der Waals surface area contributed by atoms with Gasteiger partial charge in [-0.3, -0.25) is 0 Å². The molecule has 1 aromatic carbocycles. The molecule has 0 aromatic heterocycles. The summed E-state index contributed by atoms with van der Waals surface area (Å²) in [7, 11) is 1.62. The maximum atomic E-state index is 13.0. The summed E-state index contributed by atoms with van der Waals surface area (Å²) in [5.74, 6) is -1.76. The van der Waals surface area contributed by atoms with E-state index in [-0.39, 0.29) is 13.0 Å². The lowest BCUT2D eigenvalue weighted by molar-refractivity contribution is -0.148. The summed E-state index contributed by atoms with van der Waals surface area (Å²) in [4.78, 5) is 10.8. The van der Waals surface area contributed by atoms with Crippen molar-refractivity contribution in [3.05, 3.63) is 29.3 Å². The van der Waals surface area contributed by atoms with E-state index in [1.54, 1.807) is 7.05 Å². The molecule has 0 radical (unpaired) electrons. The average molecular weight is 291 g/mol. The molecule has 0 amide bonds. The van der Waals surface area contributed by atoms with Crippen LogP contribution >= 0.6 is 0 Å². The highest BCUT2D eigenvalue weighted by molar-refractivity contribution is 5.72. The van der Waals surface area contributed by atoms with Crippen molar-refractivity contribution < 1.29 is 27.8 Å². The minimum atomic E-state index is -4.60. The Labute approximate surface area is 114 Å². The van der Waals surface area contributed by atoms with Gasteiger partial charge in [0.2, 0.25) is 0 Å². The molecule has 0 spiro atoms. The number of benzene rings is 1. The zero-order valence-corrected chi connectivity index (χ0v) is 11.1. The molecule has 4 nitrogen and oxygen atoms in total. The van der Waals surface area contributed by atoms with Crippen LogP contribution in [0.2, 0.25) is 0 Å². The smallest absolute Gasteiger partial charge is 0.419 e. The van der Waals surface area contributed by atoms with E-state index in [0.717, 1.165) is 12.1 Å². The van der Waals surface area contributed by atoms with Gasteiger partial charge in [-0.25, -0.2) is 4.79 Å². The number of carboxylic acid groups (broad SMARTS) is 1. The number of rotatable bonds is 6. The van der Waals surface area contributed by atoms with E-state index >= 15 is 0 Å². The predicted octanol–water partition coefficient (Wildman–Crippen LogP) is 2.67. The molecule has 1 unspecified atom stereocenters. The molecule has 2 N–H and O–H groups in total. The van der Waals surface area contributed by atoms with Crippen molar-refractivity contribution in [2.45, 2.75) is 32.2 Å². The Morgan fingerprint density at radius 2 is 2.10 bits per heavy atom. The van der Waals surface area contributed by atoms with Gasteiger partial charge in [-0.15, -0.1) is 0 Å². The number of carboxylic acids is 1. The van der Waals surface area contributed by atoms with Gasteiger partial charge in [-0.1, -0.05) is 13.0 Å². The Kier molecular flexibility index (Phi) is 5.38. The number of aliphatic carboxylic acids is 1. The van der Waals surface area contributed by atoms with Gasteiger partial charge in [-0.05, 0) is 31.2 Å². The van der Waals surface area contributed by atoms with E-state index < -0.39 is 29.6 Å². The molecule has 0 saturated heterocycles. The third-order valence-electron chi connectivity index (χ3n) is 2.65. The second-order valence-corrected chi connectivity index (χ2v) is 4.21. The third kappa shape index (κ3) is 4.12. The highest BCUT2D eigenvalue weighted by Crippen LogP contribution is 2.37. The van der Waals surface area contributed by atoms with Crippen molar-refractivity contribution in [1.29, 1.82) is 0 Å². The fraction of sp³-hybridized carbons (Fsp3) is 0.462. The Morgan fingerprint density at radius 3 is 2.55 bits per heavy atom. The molecule has 0 heterocycles. The van der Waals surface area contributed by atoms with E-state index in [9.17, 15) is 18.0 Å². The normalized spacial score (nSPS) is 13.1. The first-order valence-corrected chi connectivity index (χ1v) is 6.03. The van der Waals surface area contributed by atoms with E-state index in [2.05, 4.69) is 5.32 Å². The molecule has 1 aromatic rings. The maximum absolute atomic E-state index is 13.0.